The number of halogens is 2. The molecule has 0 aliphatic heterocycles. The zero-order chi connectivity index (χ0) is 12.8. The van der Waals surface area contributed by atoms with Gasteiger partial charge in [-0.1, -0.05) is 22.0 Å². The Morgan fingerprint density at radius 1 is 1.35 bits per heavy atom. The number of rotatable bonds is 6. The lowest BCUT2D eigenvalue weighted by atomic mass is 10.1. The van der Waals surface area contributed by atoms with E-state index in [0.29, 0.717) is 6.54 Å². The maximum Gasteiger partial charge on any atom is 0.169 e. The van der Waals surface area contributed by atoms with Gasteiger partial charge in [0.05, 0.1) is 0 Å². The number of methoxy groups -OCH3 is 2. The molecule has 1 rings (SSSR count). The van der Waals surface area contributed by atoms with Crippen LogP contribution in [0.1, 0.15) is 18.5 Å². The summed E-state index contributed by atoms with van der Waals surface area (Å²) in [6, 6.07) is 4.74. The molecule has 0 aromatic heterocycles. The van der Waals surface area contributed by atoms with Gasteiger partial charge in [0.15, 0.2) is 6.29 Å². The molecule has 5 heteroatoms. The Bertz CT molecular complexity index is 358. The zero-order valence-electron chi connectivity index (χ0n) is 10.2. The Morgan fingerprint density at radius 3 is 2.53 bits per heavy atom. The van der Waals surface area contributed by atoms with Crippen molar-refractivity contribution in [1.29, 1.82) is 0 Å². The van der Waals surface area contributed by atoms with Crippen LogP contribution >= 0.6 is 15.9 Å². The van der Waals surface area contributed by atoms with E-state index in [2.05, 4.69) is 21.2 Å². The maximum atomic E-state index is 12.9. The summed E-state index contributed by atoms with van der Waals surface area (Å²) in [6.07, 6.45) is -0.281. The zero-order valence-corrected chi connectivity index (χ0v) is 11.8. The maximum absolute atomic E-state index is 12.9. The molecule has 1 unspecified atom stereocenters. The van der Waals surface area contributed by atoms with E-state index in [0.717, 1.165) is 10.0 Å². The third-order valence-corrected chi connectivity index (χ3v) is 3.23. The summed E-state index contributed by atoms with van der Waals surface area (Å²) in [5.41, 5.74) is 0.998. The first kappa shape index (κ1) is 14.6. The second-order valence-electron chi connectivity index (χ2n) is 3.70. The molecule has 0 bridgehead atoms. The fourth-order valence-electron chi connectivity index (χ4n) is 1.50. The molecule has 1 aromatic rings. The predicted molar refractivity (Wildman–Crippen MR) is 68.3 cm³/mol. The molecule has 0 aliphatic rings. The van der Waals surface area contributed by atoms with Crippen molar-refractivity contribution < 1.29 is 13.9 Å². The second kappa shape index (κ2) is 7.06. The third kappa shape index (κ3) is 4.35. The highest BCUT2D eigenvalue weighted by molar-refractivity contribution is 9.10. The lowest BCUT2D eigenvalue weighted by Crippen LogP contribution is -2.31. The van der Waals surface area contributed by atoms with Gasteiger partial charge in [0.2, 0.25) is 0 Å². The van der Waals surface area contributed by atoms with E-state index in [9.17, 15) is 4.39 Å². The summed E-state index contributed by atoms with van der Waals surface area (Å²) >= 11 is 3.35. The van der Waals surface area contributed by atoms with Crippen LogP contribution in [0.4, 0.5) is 4.39 Å². The van der Waals surface area contributed by atoms with E-state index in [-0.39, 0.29) is 18.1 Å². The number of nitrogens with one attached hydrogen (secondary N) is 1. The molecule has 0 radical (unpaired) electrons. The molecule has 0 spiro atoms. The molecule has 1 atom stereocenters. The first-order valence-electron chi connectivity index (χ1n) is 5.32. The molecular weight excluding hydrogens is 289 g/mol. The Morgan fingerprint density at radius 2 is 2.00 bits per heavy atom. The van der Waals surface area contributed by atoms with Crippen molar-refractivity contribution in [2.45, 2.75) is 19.3 Å². The van der Waals surface area contributed by atoms with Gasteiger partial charge >= 0.3 is 0 Å². The lowest BCUT2D eigenvalue weighted by molar-refractivity contribution is -0.0997. The lowest BCUT2D eigenvalue weighted by Gasteiger charge is -2.19. The van der Waals surface area contributed by atoms with Gasteiger partial charge in [-0.05, 0) is 24.6 Å². The molecule has 0 saturated carbocycles. The van der Waals surface area contributed by atoms with E-state index in [1.807, 2.05) is 6.92 Å². The van der Waals surface area contributed by atoms with Gasteiger partial charge in [0, 0.05) is 31.3 Å². The Kier molecular flexibility index (Phi) is 6.05. The van der Waals surface area contributed by atoms with E-state index in [1.54, 1.807) is 20.3 Å². The van der Waals surface area contributed by atoms with Crippen molar-refractivity contribution in [2.75, 3.05) is 20.8 Å². The Labute approximate surface area is 109 Å². The van der Waals surface area contributed by atoms with E-state index >= 15 is 0 Å². The third-order valence-electron chi connectivity index (χ3n) is 2.55. The van der Waals surface area contributed by atoms with E-state index in [1.165, 1.54) is 12.1 Å². The number of ether oxygens (including phenoxy) is 2. The molecule has 0 amide bonds. The molecule has 1 aromatic carbocycles. The first-order chi connectivity index (χ1) is 8.08. The highest BCUT2D eigenvalue weighted by Crippen LogP contribution is 2.24. The van der Waals surface area contributed by atoms with Crippen LogP contribution in [-0.2, 0) is 9.47 Å². The smallest absolute Gasteiger partial charge is 0.169 e. The molecule has 0 heterocycles. The van der Waals surface area contributed by atoms with E-state index < -0.39 is 0 Å². The second-order valence-corrected chi connectivity index (χ2v) is 4.55. The van der Waals surface area contributed by atoms with Crippen molar-refractivity contribution in [2.24, 2.45) is 0 Å². The standard InChI is InChI=1S/C12H17BrFNO2/c1-8(15-7-12(16-2)17-3)10-5-4-9(14)6-11(10)13/h4-6,8,12,15H,7H2,1-3H3. The normalized spacial score (nSPS) is 13.1. The van der Waals surface area contributed by atoms with Crippen LogP contribution < -0.4 is 5.32 Å². The van der Waals surface area contributed by atoms with Crippen LogP contribution in [0.5, 0.6) is 0 Å². The van der Waals surface area contributed by atoms with Gasteiger partial charge in [-0.25, -0.2) is 4.39 Å². The summed E-state index contributed by atoms with van der Waals surface area (Å²) in [4.78, 5) is 0. The number of hydrogen-bond donors (Lipinski definition) is 1. The van der Waals surface area contributed by atoms with Gasteiger partial charge in [0.1, 0.15) is 5.82 Å². The number of benzene rings is 1. The molecule has 96 valence electrons. The summed E-state index contributed by atoms with van der Waals surface area (Å²) in [7, 11) is 3.18. The van der Waals surface area contributed by atoms with Gasteiger partial charge in [0.25, 0.3) is 0 Å². The first-order valence-corrected chi connectivity index (χ1v) is 6.11. The fourth-order valence-corrected chi connectivity index (χ4v) is 2.19. The van der Waals surface area contributed by atoms with Crippen LogP contribution in [-0.4, -0.2) is 27.1 Å². The molecule has 3 nitrogen and oxygen atoms in total. The number of hydrogen-bond acceptors (Lipinski definition) is 3. The Hall–Kier alpha value is -0.490. The SMILES string of the molecule is COC(CNC(C)c1ccc(F)cc1Br)OC. The van der Waals surface area contributed by atoms with Gasteiger partial charge in [-0.15, -0.1) is 0 Å². The summed E-state index contributed by atoms with van der Waals surface area (Å²) in [5, 5.41) is 3.26. The van der Waals surface area contributed by atoms with Crippen LogP contribution in [0.3, 0.4) is 0 Å². The van der Waals surface area contributed by atoms with Gasteiger partial charge < -0.3 is 14.8 Å². The molecule has 1 N–H and O–H groups in total. The van der Waals surface area contributed by atoms with Crippen LogP contribution in [0.15, 0.2) is 22.7 Å². The average Bonchev–Trinajstić information content (AvgIpc) is 2.30. The monoisotopic (exact) mass is 305 g/mol. The minimum atomic E-state index is -0.281. The highest BCUT2D eigenvalue weighted by atomic mass is 79.9. The van der Waals surface area contributed by atoms with Crippen molar-refractivity contribution >= 4 is 15.9 Å². The molecule has 17 heavy (non-hydrogen) atoms. The van der Waals surface area contributed by atoms with Crippen LogP contribution in [0.2, 0.25) is 0 Å². The molecule has 0 saturated heterocycles. The van der Waals surface area contributed by atoms with E-state index in [4.69, 9.17) is 9.47 Å². The average molecular weight is 306 g/mol. The predicted octanol–water partition coefficient (Wildman–Crippen LogP) is 2.86. The minimum absolute atomic E-state index is 0.0813. The topological polar surface area (TPSA) is 30.5 Å². The van der Waals surface area contributed by atoms with Crippen molar-refractivity contribution in [3.8, 4) is 0 Å². The summed E-state index contributed by atoms with van der Waals surface area (Å²) in [6.45, 7) is 2.57. The molecule has 0 fully saturated rings. The molecule has 0 aliphatic carbocycles. The van der Waals surface area contributed by atoms with Crippen LogP contribution in [0, 0.1) is 5.82 Å². The quantitative estimate of drug-likeness (QED) is 0.820. The minimum Gasteiger partial charge on any atom is -0.355 e. The Balaban J connectivity index is 2.60. The van der Waals surface area contributed by atoms with Crippen molar-refractivity contribution in [3.05, 3.63) is 34.1 Å². The van der Waals surface area contributed by atoms with Gasteiger partial charge in [-0.2, -0.15) is 0 Å². The van der Waals surface area contributed by atoms with Crippen LogP contribution in [0.25, 0.3) is 0 Å². The fraction of sp³-hybridized carbons (Fsp3) is 0.500. The van der Waals surface area contributed by atoms with Crippen molar-refractivity contribution in [3.63, 3.8) is 0 Å². The largest absolute Gasteiger partial charge is 0.355 e. The summed E-state index contributed by atoms with van der Waals surface area (Å²) in [5.74, 6) is -0.250. The summed E-state index contributed by atoms with van der Waals surface area (Å²) < 4.78 is 23.9. The van der Waals surface area contributed by atoms with Crippen molar-refractivity contribution in [1.82, 2.24) is 5.32 Å². The highest BCUT2D eigenvalue weighted by Gasteiger charge is 2.12. The molecular formula is C12H17BrFNO2. The van der Waals surface area contributed by atoms with Gasteiger partial charge in [-0.3, -0.25) is 0 Å².